The molecule has 0 fully saturated rings. The van der Waals surface area contributed by atoms with Crippen LogP contribution in [0.5, 0.6) is 0 Å². The molecule has 10 heteroatoms. The fourth-order valence-electron chi connectivity index (χ4n) is 2.21. The second-order valence-corrected chi connectivity index (χ2v) is 7.21. The molecule has 0 spiro atoms. The first-order valence-electron chi connectivity index (χ1n) is 8.04. The van der Waals surface area contributed by atoms with E-state index in [9.17, 15) is 23.2 Å². The van der Waals surface area contributed by atoms with Crippen LogP contribution in [0.15, 0.2) is 12.1 Å². The van der Waals surface area contributed by atoms with Gasteiger partial charge in [0.15, 0.2) is 18.2 Å². The normalized spacial score (nSPS) is 10.5. The van der Waals surface area contributed by atoms with Crippen molar-refractivity contribution in [2.75, 3.05) is 18.5 Å². The van der Waals surface area contributed by atoms with Crippen LogP contribution in [-0.4, -0.2) is 31.1 Å². The van der Waals surface area contributed by atoms with E-state index in [1.807, 2.05) is 0 Å². The van der Waals surface area contributed by atoms with Gasteiger partial charge in [-0.3, -0.25) is 4.79 Å². The number of aryl methyl sites for hydroxylation is 1. The van der Waals surface area contributed by atoms with Crippen LogP contribution < -0.4 is 5.32 Å². The molecule has 0 saturated carbocycles. The lowest BCUT2D eigenvalue weighted by Gasteiger charge is -2.09. The average molecular weight is 432 g/mol. The first kappa shape index (κ1) is 21.8. The minimum Gasteiger partial charge on any atom is -0.462 e. The van der Waals surface area contributed by atoms with E-state index in [4.69, 9.17) is 21.1 Å². The molecule has 1 aromatic heterocycles. The Balaban J connectivity index is 2.07. The van der Waals surface area contributed by atoms with Gasteiger partial charge in [0.25, 0.3) is 5.91 Å². The number of halogens is 3. The van der Waals surface area contributed by atoms with Crippen molar-refractivity contribution in [3.05, 3.63) is 50.4 Å². The lowest BCUT2D eigenvalue weighted by atomic mass is 10.1. The zero-order chi connectivity index (χ0) is 21.0. The van der Waals surface area contributed by atoms with Gasteiger partial charge in [0.2, 0.25) is 0 Å². The minimum absolute atomic E-state index is 0.174. The Hall–Kier alpha value is -2.52. The topological polar surface area (TPSA) is 81.7 Å². The summed E-state index contributed by atoms with van der Waals surface area (Å²) in [4.78, 5) is 37.0. The molecule has 2 aromatic rings. The van der Waals surface area contributed by atoms with Gasteiger partial charge in [-0.15, -0.1) is 11.3 Å². The van der Waals surface area contributed by atoms with Gasteiger partial charge in [-0.25, -0.2) is 18.4 Å². The molecular weight excluding hydrogens is 416 g/mol. The maximum absolute atomic E-state index is 13.3. The Labute approximate surface area is 168 Å². The Bertz CT molecular complexity index is 945. The summed E-state index contributed by atoms with van der Waals surface area (Å²) in [6, 6.07) is 1.22. The number of anilines is 1. The molecule has 0 aliphatic carbocycles. The number of thiophene rings is 1. The number of rotatable bonds is 6. The van der Waals surface area contributed by atoms with E-state index in [1.54, 1.807) is 20.8 Å². The molecule has 6 nitrogen and oxygen atoms in total. The van der Waals surface area contributed by atoms with E-state index < -0.39 is 41.7 Å². The number of amides is 1. The molecule has 1 aromatic carbocycles. The smallest absolute Gasteiger partial charge is 0.341 e. The molecule has 150 valence electrons. The van der Waals surface area contributed by atoms with Crippen LogP contribution in [0.25, 0.3) is 0 Å². The van der Waals surface area contributed by atoms with Crippen LogP contribution in [0.1, 0.15) is 38.1 Å². The molecule has 0 bridgehead atoms. The lowest BCUT2D eigenvalue weighted by Crippen LogP contribution is -2.22. The average Bonchev–Trinajstić information content (AvgIpc) is 2.90. The zero-order valence-electron chi connectivity index (χ0n) is 15.2. The minimum atomic E-state index is -1.27. The lowest BCUT2D eigenvalue weighted by molar-refractivity contribution is -0.119. The first-order valence-corrected chi connectivity index (χ1v) is 9.23. The van der Waals surface area contributed by atoms with Gasteiger partial charge in [0, 0.05) is 4.88 Å². The predicted octanol–water partition coefficient (Wildman–Crippen LogP) is 4.27. The van der Waals surface area contributed by atoms with E-state index in [1.165, 1.54) is 11.3 Å². The van der Waals surface area contributed by atoms with Gasteiger partial charge in [-0.2, -0.15) is 0 Å². The molecule has 1 amide bonds. The Morgan fingerprint density at radius 1 is 1.11 bits per heavy atom. The molecule has 0 aliphatic rings. The van der Waals surface area contributed by atoms with Crippen LogP contribution in [0.4, 0.5) is 13.8 Å². The number of benzene rings is 1. The van der Waals surface area contributed by atoms with E-state index in [2.05, 4.69) is 5.32 Å². The third-order valence-corrected chi connectivity index (χ3v) is 5.12. The van der Waals surface area contributed by atoms with Crippen LogP contribution in [0, 0.1) is 25.5 Å². The summed E-state index contributed by atoms with van der Waals surface area (Å²) in [7, 11) is 0. The number of hydrogen-bond acceptors (Lipinski definition) is 6. The number of ether oxygens (including phenoxy) is 2. The molecule has 0 atom stereocenters. The third kappa shape index (κ3) is 4.85. The highest BCUT2D eigenvalue weighted by molar-refractivity contribution is 7.16. The second kappa shape index (κ2) is 9.11. The van der Waals surface area contributed by atoms with Gasteiger partial charge >= 0.3 is 11.9 Å². The van der Waals surface area contributed by atoms with Crippen LogP contribution >= 0.6 is 22.9 Å². The summed E-state index contributed by atoms with van der Waals surface area (Å²) in [5.41, 5.74) is 0.486. The number of hydrogen-bond donors (Lipinski definition) is 1. The summed E-state index contributed by atoms with van der Waals surface area (Å²) in [5, 5.41) is 2.40. The van der Waals surface area contributed by atoms with Crippen LogP contribution in [0.3, 0.4) is 0 Å². The molecule has 1 heterocycles. The van der Waals surface area contributed by atoms with Gasteiger partial charge in [-0.05, 0) is 38.5 Å². The number of nitrogens with one attached hydrogen (secondary N) is 1. The summed E-state index contributed by atoms with van der Waals surface area (Å²) >= 11 is 6.86. The van der Waals surface area contributed by atoms with Gasteiger partial charge in [0.05, 0.1) is 22.8 Å². The Kier molecular flexibility index (Phi) is 7.09. The van der Waals surface area contributed by atoms with Crippen LogP contribution in [0.2, 0.25) is 5.02 Å². The maximum atomic E-state index is 13.3. The van der Waals surface area contributed by atoms with Crippen molar-refractivity contribution in [3.8, 4) is 0 Å². The van der Waals surface area contributed by atoms with Crippen molar-refractivity contribution in [1.29, 1.82) is 0 Å². The zero-order valence-corrected chi connectivity index (χ0v) is 16.7. The monoisotopic (exact) mass is 431 g/mol. The second-order valence-electron chi connectivity index (χ2n) is 5.58. The van der Waals surface area contributed by atoms with Crippen molar-refractivity contribution in [2.24, 2.45) is 0 Å². The molecule has 0 radical (unpaired) electrons. The van der Waals surface area contributed by atoms with Crippen molar-refractivity contribution in [3.63, 3.8) is 0 Å². The summed E-state index contributed by atoms with van der Waals surface area (Å²) < 4.78 is 36.1. The number of esters is 2. The van der Waals surface area contributed by atoms with Crippen molar-refractivity contribution in [1.82, 2.24) is 0 Å². The van der Waals surface area contributed by atoms with E-state index >= 15 is 0 Å². The van der Waals surface area contributed by atoms with Gasteiger partial charge in [-0.1, -0.05) is 11.6 Å². The summed E-state index contributed by atoms with van der Waals surface area (Å²) in [5.74, 6) is -4.88. The molecular formula is C18H16ClF2NO5S. The highest BCUT2D eigenvalue weighted by Crippen LogP contribution is 2.33. The maximum Gasteiger partial charge on any atom is 0.341 e. The number of carbonyl (C=O) groups is 3. The van der Waals surface area contributed by atoms with Crippen LogP contribution in [-0.2, 0) is 14.3 Å². The van der Waals surface area contributed by atoms with Crippen molar-refractivity contribution >= 4 is 45.8 Å². The van der Waals surface area contributed by atoms with Gasteiger partial charge in [0.1, 0.15) is 5.00 Å². The molecule has 2 rings (SSSR count). The summed E-state index contributed by atoms with van der Waals surface area (Å²) in [6.07, 6.45) is 0. The molecule has 0 saturated heterocycles. The standard InChI is InChI=1S/C18H16ClF2NO5S/c1-4-26-18(25)15-8(2)9(3)28-16(15)22-14(23)7-27-17(24)10-5-12(20)13(21)6-11(10)19/h5-6H,4,7H2,1-3H3,(H,22,23). The van der Waals surface area contributed by atoms with Gasteiger partial charge < -0.3 is 14.8 Å². The highest BCUT2D eigenvalue weighted by atomic mass is 35.5. The third-order valence-electron chi connectivity index (χ3n) is 3.68. The molecule has 0 unspecified atom stereocenters. The van der Waals surface area contributed by atoms with Crippen molar-refractivity contribution in [2.45, 2.75) is 20.8 Å². The molecule has 0 aliphatic heterocycles. The quantitative estimate of drug-likeness (QED) is 0.545. The fraction of sp³-hybridized carbons (Fsp3) is 0.278. The largest absolute Gasteiger partial charge is 0.462 e. The van der Waals surface area contributed by atoms with E-state index in [0.29, 0.717) is 17.7 Å². The number of carbonyl (C=O) groups excluding carboxylic acids is 3. The van der Waals surface area contributed by atoms with E-state index in [0.717, 1.165) is 4.88 Å². The SMILES string of the molecule is CCOC(=O)c1c(NC(=O)COC(=O)c2cc(F)c(F)cc2Cl)sc(C)c1C. The Morgan fingerprint density at radius 3 is 2.39 bits per heavy atom. The highest BCUT2D eigenvalue weighted by Gasteiger charge is 2.23. The van der Waals surface area contributed by atoms with E-state index in [-0.39, 0.29) is 22.2 Å². The Morgan fingerprint density at radius 2 is 1.75 bits per heavy atom. The van der Waals surface area contributed by atoms with Crippen molar-refractivity contribution < 1.29 is 32.6 Å². The molecule has 28 heavy (non-hydrogen) atoms. The fourth-order valence-corrected chi connectivity index (χ4v) is 3.51. The first-order chi connectivity index (χ1) is 13.1. The summed E-state index contributed by atoms with van der Waals surface area (Å²) in [6.45, 7) is 4.62. The predicted molar refractivity (Wildman–Crippen MR) is 100 cm³/mol. The molecule has 1 N–H and O–H groups in total.